The van der Waals surface area contributed by atoms with E-state index in [2.05, 4.69) is 10.3 Å². The SMILES string of the molecule is CC(C)Oc1ccc(N2C(=S)N[C@@H](c3ccccn3)[C@@H]2c2ccc(-c3ccc(C(=O)O)cc3)o2)cc1. The molecule has 2 atom stereocenters. The van der Waals surface area contributed by atoms with Crippen LogP contribution >= 0.6 is 12.2 Å². The number of hydrogen-bond acceptors (Lipinski definition) is 5. The van der Waals surface area contributed by atoms with E-state index in [1.807, 2.05) is 73.3 Å². The molecule has 1 aliphatic heterocycles. The van der Waals surface area contributed by atoms with Gasteiger partial charge in [-0.1, -0.05) is 18.2 Å². The van der Waals surface area contributed by atoms with E-state index in [0.717, 1.165) is 22.7 Å². The first-order valence-corrected chi connectivity index (χ1v) is 12.0. The van der Waals surface area contributed by atoms with Crippen LogP contribution in [0.2, 0.25) is 0 Å². The number of carbonyl (C=O) groups is 1. The summed E-state index contributed by atoms with van der Waals surface area (Å²) in [6.45, 7) is 3.98. The smallest absolute Gasteiger partial charge is 0.335 e. The molecule has 4 aromatic rings. The van der Waals surface area contributed by atoms with Gasteiger partial charge in [-0.15, -0.1) is 0 Å². The number of ether oxygens (including phenoxy) is 1. The van der Waals surface area contributed by atoms with Gasteiger partial charge in [0.05, 0.1) is 23.4 Å². The number of carboxylic acids is 1. The monoisotopic (exact) mass is 499 g/mol. The minimum atomic E-state index is -0.967. The number of thiocarbonyl (C=S) groups is 1. The van der Waals surface area contributed by atoms with E-state index in [4.69, 9.17) is 21.4 Å². The number of nitrogens with zero attached hydrogens (tertiary/aromatic N) is 2. The number of nitrogens with one attached hydrogen (secondary N) is 1. The summed E-state index contributed by atoms with van der Waals surface area (Å²) in [7, 11) is 0. The second kappa shape index (κ2) is 9.83. The quantitative estimate of drug-likeness (QED) is 0.299. The third kappa shape index (κ3) is 4.67. The topological polar surface area (TPSA) is 87.8 Å². The summed E-state index contributed by atoms with van der Waals surface area (Å²) >= 11 is 5.78. The van der Waals surface area contributed by atoms with Crippen LogP contribution in [0.15, 0.2) is 89.5 Å². The van der Waals surface area contributed by atoms with Crippen molar-refractivity contribution in [1.29, 1.82) is 0 Å². The Labute approximate surface area is 214 Å². The van der Waals surface area contributed by atoms with E-state index in [9.17, 15) is 9.90 Å². The van der Waals surface area contributed by atoms with Gasteiger partial charge in [0.1, 0.15) is 23.3 Å². The fraction of sp³-hybridized carbons (Fsp3) is 0.179. The van der Waals surface area contributed by atoms with Crippen LogP contribution in [0.5, 0.6) is 5.75 Å². The molecule has 0 bridgehead atoms. The molecule has 36 heavy (non-hydrogen) atoms. The van der Waals surface area contributed by atoms with Crippen molar-refractivity contribution < 1.29 is 19.1 Å². The Kier molecular flexibility index (Phi) is 6.43. The molecule has 182 valence electrons. The predicted octanol–water partition coefficient (Wildman–Crippen LogP) is 6.00. The number of furan rings is 1. The Bertz CT molecular complexity index is 1370. The van der Waals surface area contributed by atoms with Crippen LogP contribution in [0.4, 0.5) is 5.69 Å². The highest BCUT2D eigenvalue weighted by atomic mass is 32.1. The van der Waals surface area contributed by atoms with E-state index in [1.165, 1.54) is 0 Å². The standard InChI is InChI=1S/C28H25N3O4S/c1-17(2)34-21-12-10-20(11-13-21)31-26(25(30-28(31)36)22-5-3-4-16-29-22)24-15-14-23(35-24)18-6-8-19(9-7-18)27(32)33/h3-17,25-26H,1-2H3,(H,30,36)(H,32,33)/t25-,26-/m0/s1. The molecule has 3 heterocycles. The van der Waals surface area contributed by atoms with Crippen molar-refractivity contribution in [3.05, 3.63) is 102 Å². The summed E-state index contributed by atoms with van der Waals surface area (Å²) < 4.78 is 12.1. The van der Waals surface area contributed by atoms with Gasteiger partial charge in [-0.25, -0.2) is 4.79 Å². The second-order valence-corrected chi connectivity index (χ2v) is 9.13. The largest absolute Gasteiger partial charge is 0.491 e. The van der Waals surface area contributed by atoms with Crippen LogP contribution in [0.1, 0.15) is 47.7 Å². The molecule has 2 N–H and O–H groups in total. The molecule has 8 heteroatoms. The lowest BCUT2D eigenvalue weighted by atomic mass is 10.0. The average molecular weight is 500 g/mol. The molecule has 0 spiro atoms. The molecule has 7 nitrogen and oxygen atoms in total. The van der Waals surface area contributed by atoms with Gasteiger partial charge in [0, 0.05) is 17.4 Å². The Hall–Kier alpha value is -4.17. The minimum Gasteiger partial charge on any atom is -0.491 e. The lowest BCUT2D eigenvalue weighted by Crippen LogP contribution is -2.29. The van der Waals surface area contributed by atoms with Gasteiger partial charge in [0.25, 0.3) is 0 Å². The fourth-order valence-corrected chi connectivity index (χ4v) is 4.67. The van der Waals surface area contributed by atoms with Gasteiger partial charge in [-0.2, -0.15) is 0 Å². The number of rotatable bonds is 7. The van der Waals surface area contributed by atoms with Gasteiger partial charge in [-0.3, -0.25) is 4.98 Å². The Balaban J connectivity index is 1.52. The summed E-state index contributed by atoms with van der Waals surface area (Å²) in [5, 5.41) is 13.2. The predicted molar refractivity (Wildman–Crippen MR) is 141 cm³/mol. The minimum absolute atomic E-state index is 0.0813. The number of anilines is 1. The van der Waals surface area contributed by atoms with E-state index in [0.29, 0.717) is 16.6 Å². The van der Waals surface area contributed by atoms with Crippen molar-refractivity contribution in [2.45, 2.75) is 32.0 Å². The maximum Gasteiger partial charge on any atom is 0.335 e. The Morgan fingerprint density at radius 2 is 1.81 bits per heavy atom. The molecule has 1 aliphatic rings. The van der Waals surface area contributed by atoms with Crippen molar-refractivity contribution in [3.63, 3.8) is 0 Å². The third-order valence-corrected chi connectivity index (χ3v) is 6.23. The van der Waals surface area contributed by atoms with Crippen molar-refractivity contribution in [3.8, 4) is 17.1 Å². The highest BCUT2D eigenvalue weighted by Gasteiger charge is 2.42. The molecule has 0 aliphatic carbocycles. The maximum atomic E-state index is 11.2. The van der Waals surface area contributed by atoms with Crippen LogP contribution in [0.25, 0.3) is 11.3 Å². The zero-order valence-corrected chi connectivity index (χ0v) is 20.6. The van der Waals surface area contributed by atoms with Crippen LogP contribution in [0, 0.1) is 0 Å². The Morgan fingerprint density at radius 1 is 1.06 bits per heavy atom. The highest BCUT2D eigenvalue weighted by Crippen LogP contribution is 2.43. The summed E-state index contributed by atoms with van der Waals surface area (Å²) in [6.07, 6.45) is 1.84. The number of hydrogen-bond donors (Lipinski definition) is 2. The van der Waals surface area contributed by atoms with E-state index in [1.54, 1.807) is 30.5 Å². The highest BCUT2D eigenvalue weighted by molar-refractivity contribution is 7.80. The molecule has 2 aromatic carbocycles. The van der Waals surface area contributed by atoms with Crippen LogP contribution in [0.3, 0.4) is 0 Å². The molecule has 0 radical (unpaired) electrons. The van der Waals surface area contributed by atoms with Gasteiger partial charge in [0.2, 0.25) is 0 Å². The van der Waals surface area contributed by atoms with Crippen LogP contribution in [-0.2, 0) is 0 Å². The van der Waals surface area contributed by atoms with Crippen molar-refractivity contribution in [2.24, 2.45) is 0 Å². The molecule has 2 aromatic heterocycles. The van der Waals surface area contributed by atoms with E-state index >= 15 is 0 Å². The molecule has 0 unspecified atom stereocenters. The molecule has 1 saturated heterocycles. The lowest BCUT2D eigenvalue weighted by Gasteiger charge is -2.26. The molecular weight excluding hydrogens is 474 g/mol. The van der Waals surface area contributed by atoms with Crippen molar-refractivity contribution >= 4 is 29.0 Å². The second-order valence-electron chi connectivity index (χ2n) is 8.74. The number of aromatic nitrogens is 1. The van der Waals surface area contributed by atoms with Crippen molar-refractivity contribution in [1.82, 2.24) is 10.3 Å². The molecular formula is C28H25N3O4S. The zero-order chi connectivity index (χ0) is 25.2. The van der Waals surface area contributed by atoms with Gasteiger partial charge in [-0.05, 0) is 86.7 Å². The summed E-state index contributed by atoms with van der Waals surface area (Å²) in [4.78, 5) is 17.8. The van der Waals surface area contributed by atoms with Gasteiger partial charge in [0.15, 0.2) is 5.11 Å². The van der Waals surface area contributed by atoms with Crippen LogP contribution < -0.4 is 15.0 Å². The third-order valence-electron chi connectivity index (χ3n) is 5.92. The summed E-state index contributed by atoms with van der Waals surface area (Å²) in [6, 6.07) is 23.5. The van der Waals surface area contributed by atoms with Gasteiger partial charge >= 0.3 is 5.97 Å². The Morgan fingerprint density at radius 3 is 2.44 bits per heavy atom. The number of carboxylic acid groups (broad SMARTS) is 1. The first kappa shape index (κ1) is 23.6. The van der Waals surface area contributed by atoms with E-state index in [-0.39, 0.29) is 23.8 Å². The molecule has 0 saturated carbocycles. The number of benzene rings is 2. The lowest BCUT2D eigenvalue weighted by molar-refractivity contribution is 0.0697. The van der Waals surface area contributed by atoms with E-state index < -0.39 is 5.97 Å². The molecule has 5 rings (SSSR count). The van der Waals surface area contributed by atoms with Gasteiger partial charge < -0.3 is 24.5 Å². The summed E-state index contributed by atoms with van der Waals surface area (Å²) in [5.74, 6) is 1.17. The normalized spacial score (nSPS) is 17.3. The first-order chi connectivity index (χ1) is 17.4. The number of aromatic carboxylic acids is 1. The van der Waals surface area contributed by atoms with Crippen LogP contribution in [-0.4, -0.2) is 27.3 Å². The molecule has 0 amide bonds. The number of pyridine rings is 1. The fourth-order valence-electron chi connectivity index (χ4n) is 4.32. The molecule has 1 fully saturated rings. The van der Waals surface area contributed by atoms with Crippen molar-refractivity contribution in [2.75, 3.05) is 4.90 Å². The maximum absolute atomic E-state index is 11.2. The zero-order valence-electron chi connectivity index (χ0n) is 19.8. The summed E-state index contributed by atoms with van der Waals surface area (Å²) in [5.41, 5.74) is 2.75. The first-order valence-electron chi connectivity index (χ1n) is 11.6. The average Bonchev–Trinajstić information content (AvgIpc) is 3.49.